The van der Waals surface area contributed by atoms with Crippen LogP contribution in [0.1, 0.15) is 39.4 Å². The molecule has 0 aromatic carbocycles. The van der Waals surface area contributed by atoms with Gasteiger partial charge in [-0.25, -0.2) is 4.98 Å². The first-order chi connectivity index (χ1) is 7.94. The topological polar surface area (TPSA) is 72.9 Å². The maximum absolute atomic E-state index is 10.9. The zero-order chi connectivity index (χ0) is 12.9. The predicted octanol–water partition coefficient (Wildman–Crippen LogP) is 1.04. The summed E-state index contributed by atoms with van der Waals surface area (Å²) in [7, 11) is 0. The summed E-state index contributed by atoms with van der Waals surface area (Å²) in [5.74, 6) is 0.698. The maximum atomic E-state index is 10.9. The molecule has 0 aliphatic carbocycles. The van der Waals surface area contributed by atoms with Crippen molar-refractivity contribution >= 4 is 5.91 Å². The predicted molar refractivity (Wildman–Crippen MR) is 67.2 cm³/mol. The molecule has 5 heteroatoms. The first-order valence-electron chi connectivity index (χ1n) is 5.98. The number of aromatic nitrogens is 2. The van der Waals surface area contributed by atoms with Crippen LogP contribution in [0.2, 0.25) is 0 Å². The van der Waals surface area contributed by atoms with Crippen LogP contribution in [0.5, 0.6) is 0 Å². The van der Waals surface area contributed by atoms with Crippen molar-refractivity contribution in [3.05, 3.63) is 18.2 Å². The summed E-state index contributed by atoms with van der Waals surface area (Å²) in [5.41, 5.74) is 4.91. The largest absolute Gasteiger partial charge is 0.370 e. The molecule has 0 unspecified atom stereocenters. The van der Waals surface area contributed by atoms with E-state index < -0.39 is 0 Å². The average Bonchev–Trinajstić information content (AvgIpc) is 2.61. The molecular weight excluding hydrogens is 216 g/mol. The molecule has 5 nitrogen and oxygen atoms in total. The standard InChI is InChI=1S/C12H22N4O/c1-4-6-16-7-5-14-11(16)9-15-12(2,3)8-10(13)17/h5,7,15H,4,6,8-9H2,1-3H3,(H2,13,17). The van der Waals surface area contributed by atoms with Gasteiger partial charge in [-0.15, -0.1) is 0 Å². The summed E-state index contributed by atoms with van der Waals surface area (Å²) < 4.78 is 2.12. The van der Waals surface area contributed by atoms with Crippen molar-refractivity contribution in [2.75, 3.05) is 0 Å². The van der Waals surface area contributed by atoms with E-state index in [9.17, 15) is 4.79 Å². The molecule has 0 atom stereocenters. The Balaban J connectivity index is 2.54. The van der Waals surface area contributed by atoms with Crippen LogP contribution in [0.15, 0.2) is 12.4 Å². The Bertz CT molecular complexity index is 370. The Morgan fingerprint density at radius 3 is 2.88 bits per heavy atom. The molecule has 0 saturated heterocycles. The summed E-state index contributed by atoms with van der Waals surface area (Å²) >= 11 is 0. The Hall–Kier alpha value is -1.36. The molecule has 1 rings (SSSR count). The van der Waals surface area contributed by atoms with E-state index in [4.69, 9.17) is 5.73 Å². The molecule has 0 fully saturated rings. The number of carbonyl (C=O) groups excluding carboxylic acids is 1. The van der Waals surface area contributed by atoms with Gasteiger partial charge in [0.15, 0.2) is 0 Å². The molecule has 96 valence electrons. The summed E-state index contributed by atoms with van der Waals surface area (Å²) in [4.78, 5) is 15.2. The molecule has 0 saturated carbocycles. The normalized spacial score (nSPS) is 11.7. The third kappa shape index (κ3) is 4.56. The fourth-order valence-corrected chi connectivity index (χ4v) is 1.77. The highest BCUT2D eigenvalue weighted by atomic mass is 16.1. The van der Waals surface area contributed by atoms with E-state index in [1.807, 2.05) is 20.0 Å². The summed E-state index contributed by atoms with van der Waals surface area (Å²) in [6.45, 7) is 7.67. The molecule has 0 bridgehead atoms. The van der Waals surface area contributed by atoms with Crippen LogP contribution in [0.4, 0.5) is 0 Å². The Kier molecular flexibility index (Phi) is 4.69. The Morgan fingerprint density at radius 2 is 2.29 bits per heavy atom. The van der Waals surface area contributed by atoms with Gasteiger partial charge in [-0.2, -0.15) is 0 Å². The maximum Gasteiger partial charge on any atom is 0.219 e. The van der Waals surface area contributed by atoms with E-state index >= 15 is 0 Å². The van der Waals surface area contributed by atoms with Crippen molar-refractivity contribution in [3.8, 4) is 0 Å². The molecule has 1 amide bonds. The number of imidazole rings is 1. The monoisotopic (exact) mass is 238 g/mol. The highest BCUT2D eigenvalue weighted by Gasteiger charge is 2.20. The van der Waals surface area contributed by atoms with Gasteiger partial charge in [0.1, 0.15) is 5.82 Å². The van der Waals surface area contributed by atoms with Crippen LogP contribution in [0, 0.1) is 0 Å². The minimum atomic E-state index is -0.297. The van der Waals surface area contributed by atoms with Gasteiger partial charge >= 0.3 is 0 Å². The molecule has 0 aliphatic rings. The smallest absolute Gasteiger partial charge is 0.219 e. The molecule has 0 aliphatic heterocycles. The van der Waals surface area contributed by atoms with Crippen molar-refractivity contribution < 1.29 is 4.79 Å². The number of carbonyl (C=O) groups is 1. The van der Waals surface area contributed by atoms with Crippen molar-refractivity contribution in [1.29, 1.82) is 0 Å². The Labute approximate surface area is 102 Å². The highest BCUT2D eigenvalue weighted by Crippen LogP contribution is 2.09. The zero-order valence-corrected chi connectivity index (χ0v) is 10.9. The number of nitrogens with two attached hydrogens (primary N) is 1. The first-order valence-corrected chi connectivity index (χ1v) is 5.98. The molecule has 1 aromatic heterocycles. The second-order valence-corrected chi connectivity index (χ2v) is 4.92. The van der Waals surface area contributed by atoms with E-state index in [0.717, 1.165) is 18.8 Å². The van der Waals surface area contributed by atoms with Gasteiger partial charge in [0.05, 0.1) is 6.54 Å². The summed E-state index contributed by atoms with van der Waals surface area (Å²) in [6, 6.07) is 0. The number of rotatable bonds is 7. The lowest BCUT2D eigenvalue weighted by molar-refractivity contribution is -0.119. The van der Waals surface area contributed by atoms with E-state index in [1.165, 1.54) is 0 Å². The van der Waals surface area contributed by atoms with Gasteiger partial charge in [0.25, 0.3) is 0 Å². The van der Waals surface area contributed by atoms with Gasteiger partial charge in [0.2, 0.25) is 5.91 Å². The third-order valence-corrected chi connectivity index (χ3v) is 2.61. The summed E-state index contributed by atoms with van der Waals surface area (Å²) in [5, 5.41) is 3.31. The number of nitrogens with zero attached hydrogens (tertiary/aromatic N) is 2. The van der Waals surface area contributed by atoms with E-state index in [1.54, 1.807) is 6.20 Å². The number of amides is 1. The minimum absolute atomic E-state index is 0.292. The lowest BCUT2D eigenvalue weighted by Crippen LogP contribution is -2.42. The number of nitrogens with one attached hydrogen (secondary N) is 1. The van der Waals surface area contributed by atoms with Crippen molar-refractivity contribution in [3.63, 3.8) is 0 Å². The highest BCUT2D eigenvalue weighted by molar-refractivity contribution is 5.74. The van der Waals surface area contributed by atoms with Gasteiger partial charge in [0, 0.05) is 30.9 Å². The lowest BCUT2D eigenvalue weighted by atomic mass is 10.0. The molecule has 0 spiro atoms. The minimum Gasteiger partial charge on any atom is -0.370 e. The number of hydrogen-bond donors (Lipinski definition) is 2. The van der Waals surface area contributed by atoms with E-state index in [2.05, 4.69) is 21.8 Å². The average molecular weight is 238 g/mol. The quantitative estimate of drug-likeness (QED) is 0.745. The molecule has 1 heterocycles. The zero-order valence-electron chi connectivity index (χ0n) is 10.9. The third-order valence-electron chi connectivity index (χ3n) is 2.61. The van der Waals surface area contributed by atoms with E-state index in [0.29, 0.717) is 13.0 Å². The first kappa shape index (κ1) is 13.7. The molecule has 1 aromatic rings. The van der Waals surface area contributed by atoms with Crippen LogP contribution in [-0.2, 0) is 17.9 Å². The van der Waals surface area contributed by atoms with Gasteiger partial charge in [-0.1, -0.05) is 6.92 Å². The lowest BCUT2D eigenvalue weighted by Gasteiger charge is -2.24. The van der Waals surface area contributed by atoms with Crippen molar-refractivity contribution in [2.45, 2.75) is 52.2 Å². The van der Waals surface area contributed by atoms with Crippen molar-refractivity contribution in [2.24, 2.45) is 5.73 Å². The fraction of sp³-hybridized carbons (Fsp3) is 0.667. The molecule has 3 N–H and O–H groups in total. The van der Waals surface area contributed by atoms with Gasteiger partial charge < -0.3 is 15.6 Å². The molecule has 17 heavy (non-hydrogen) atoms. The number of primary amides is 1. The summed E-state index contributed by atoms with van der Waals surface area (Å²) in [6.07, 6.45) is 5.17. The fourth-order valence-electron chi connectivity index (χ4n) is 1.77. The van der Waals surface area contributed by atoms with Gasteiger partial charge in [-0.3, -0.25) is 4.79 Å². The number of hydrogen-bond acceptors (Lipinski definition) is 3. The van der Waals surface area contributed by atoms with E-state index in [-0.39, 0.29) is 11.4 Å². The number of aryl methyl sites for hydroxylation is 1. The van der Waals surface area contributed by atoms with Crippen LogP contribution in [-0.4, -0.2) is 21.0 Å². The van der Waals surface area contributed by atoms with Gasteiger partial charge in [-0.05, 0) is 20.3 Å². The second-order valence-electron chi connectivity index (χ2n) is 4.92. The van der Waals surface area contributed by atoms with Crippen LogP contribution < -0.4 is 11.1 Å². The second kappa shape index (κ2) is 5.82. The van der Waals surface area contributed by atoms with Crippen molar-refractivity contribution in [1.82, 2.24) is 14.9 Å². The SMILES string of the molecule is CCCn1ccnc1CNC(C)(C)CC(N)=O. The molecular formula is C12H22N4O. The van der Waals surface area contributed by atoms with Crippen LogP contribution in [0.25, 0.3) is 0 Å². The Morgan fingerprint density at radius 1 is 1.59 bits per heavy atom. The van der Waals surface area contributed by atoms with Crippen LogP contribution in [0.3, 0.4) is 0 Å². The molecule has 0 radical (unpaired) electrons. The van der Waals surface area contributed by atoms with Crippen LogP contribution >= 0.6 is 0 Å².